The van der Waals surface area contributed by atoms with E-state index in [1.165, 1.54) is 0 Å². The van der Waals surface area contributed by atoms with Crippen LogP contribution < -0.4 is 5.48 Å². The quantitative estimate of drug-likeness (QED) is 0.346. The maximum atomic E-state index is 13.8. The van der Waals surface area contributed by atoms with Crippen molar-refractivity contribution in [1.82, 2.24) is 5.48 Å². The van der Waals surface area contributed by atoms with Crippen LogP contribution in [-0.2, 0) is 6.18 Å². The van der Waals surface area contributed by atoms with Crippen molar-refractivity contribution in [3.8, 4) is 0 Å². The van der Waals surface area contributed by atoms with Crippen LogP contribution in [-0.4, -0.2) is 11.0 Å². The zero-order valence-corrected chi connectivity index (χ0v) is 12.4. The van der Waals surface area contributed by atoms with Crippen molar-refractivity contribution in [2.75, 3.05) is 0 Å². The maximum Gasteiger partial charge on any atom is 0.416 e. The van der Waals surface area contributed by atoms with Gasteiger partial charge in [-0.15, -0.1) is 0 Å². The first-order chi connectivity index (χ1) is 10.3. The average molecular weight is 377 g/mol. The molecule has 0 radical (unpaired) electrons. The smallest absolute Gasteiger partial charge is 0.290 e. The number of hydroxylamine groups is 1. The minimum atomic E-state index is -4.64. The molecule has 22 heavy (non-hydrogen) atoms. The normalized spacial score (nSPS) is 12.4. The molecule has 0 spiro atoms. The minimum Gasteiger partial charge on any atom is -0.290 e. The molecule has 116 valence electrons. The predicted molar refractivity (Wildman–Crippen MR) is 76.7 cm³/mol. The van der Waals surface area contributed by atoms with Crippen molar-refractivity contribution >= 4 is 27.5 Å². The number of aliphatic imine (C=N–C) groups is 1. The number of nitrogens with zero attached hydrogens (tertiary/aromatic N) is 1. The number of amidine groups is 1. The van der Waals surface area contributed by atoms with E-state index in [1.54, 1.807) is 29.7 Å². The molecule has 0 aliphatic carbocycles. The lowest BCUT2D eigenvalue weighted by Crippen LogP contribution is -2.22. The first kappa shape index (κ1) is 16.4. The summed E-state index contributed by atoms with van der Waals surface area (Å²) < 4.78 is 52.1. The van der Waals surface area contributed by atoms with Gasteiger partial charge < -0.3 is 0 Å². The van der Waals surface area contributed by atoms with E-state index in [0.717, 1.165) is 10.5 Å². The molecule has 2 aromatic rings. The Labute approximate surface area is 131 Å². The fraction of sp³-hybridized carbons (Fsp3) is 0.0714. The topological polar surface area (TPSA) is 44.6 Å². The Morgan fingerprint density at radius 3 is 2.23 bits per heavy atom. The first-order valence-corrected chi connectivity index (χ1v) is 6.72. The van der Waals surface area contributed by atoms with Crippen LogP contribution in [0, 0.1) is 5.82 Å². The van der Waals surface area contributed by atoms with Crippen LogP contribution in [0.1, 0.15) is 11.1 Å². The minimum absolute atomic E-state index is 0.279. The summed E-state index contributed by atoms with van der Waals surface area (Å²) in [6, 6.07) is 8.50. The van der Waals surface area contributed by atoms with E-state index in [0.29, 0.717) is 17.8 Å². The van der Waals surface area contributed by atoms with Gasteiger partial charge in [0.15, 0.2) is 5.84 Å². The zero-order chi connectivity index (χ0) is 16.3. The van der Waals surface area contributed by atoms with Crippen LogP contribution in [0.4, 0.5) is 23.2 Å². The highest BCUT2D eigenvalue weighted by Gasteiger charge is 2.31. The highest BCUT2D eigenvalue weighted by Crippen LogP contribution is 2.30. The van der Waals surface area contributed by atoms with Gasteiger partial charge in [0.25, 0.3) is 0 Å². The Morgan fingerprint density at radius 2 is 1.73 bits per heavy atom. The molecule has 2 rings (SSSR count). The molecule has 0 saturated carbocycles. The summed E-state index contributed by atoms with van der Waals surface area (Å²) >= 11 is 3.23. The number of hydrogen-bond donors (Lipinski definition) is 2. The van der Waals surface area contributed by atoms with Crippen molar-refractivity contribution in [3.05, 3.63) is 63.9 Å². The van der Waals surface area contributed by atoms with Gasteiger partial charge in [0, 0.05) is 4.47 Å². The maximum absolute atomic E-state index is 13.8. The Balaban J connectivity index is 2.41. The molecule has 0 aromatic heterocycles. The van der Waals surface area contributed by atoms with E-state index in [4.69, 9.17) is 5.21 Å². The van der Waals surface area contributed by atoms with Crippen LogP contribution in [0.25, 0.3) is 0 Å². The Bertz CT molecular complexity index is 699. The fourth-order valence-electron chi connectivity index (χ4n) is 1.67. The van der Waals surface area contributed by atoms with E-state index < -0.39 is 17.6 Å². The molecule has 0 saturated heterocycles. The number of benzene rings is 2. The zero-order valence-electron chi connectivity index (χ0n) is 10.8. The second-order valence-electron chi connectivity index (χ2n) is 4.24. The summed E-state index contributed by atoms with van der Waals surface area (Å²) in [6.45, 7) is 0. The standard InChI is InChI=1S/C14H9BrF4N2O/c15-9-2-4-10(5-3-9)20-13(21-22)11-6-1-8(7-12(11)16)14(17,18)19/h1-7,22H,(H,20,21). The number of nitrogens with one attached hydrogen (secondary N) is 1. The summed E-state index contributed by atoms with van der Waals surface area (Å²) in [5, 5.41) is 9.07. The molecule has 0 aliphatic rings. The molecule has 0 unspecified atom stereocenters. The molecule has 0 fully saturated rings. The van der Waals surface area contributed by atoms with E-state index in [1.807, 2.05) is 0 Å². The molecule has 0 bridgehead atoms. The molecule has 0 aliphatic heterocycles. The van der Waals surface area contributed by atoms with Gasteiger partial charge in [-0.3, -0.25) is 10.7 Å². The second-order valence-corrected chi connectivity index (χ2v) is 5.16. The van der Waals surface area contributed by atoms with Crippen molar-refractivity contribution in [2.45, 2.75) is 6.18 Å². The third kappa shape index (κ3) is 3.83. The van der Waals surface area contributed by atoms with Gasteiger partial charge in [0.05, 0.1) is 16.8 Å². The van der Waals surface area contributed by atoms with Gasteiger partial charge in [0.1, 0.15) is 5.82 Å². The molecule has 0 amide bonds. The lowest BCUT2D eigenvalue weighted by molar-refractivity contribution is -0.137. The predicted octanol–water partition coefficient (Wildman–Crippen LogP) is 4.66. The number of alkyl halides is 3. The number of hydrogen-bond acceptors (Lipinski definition) is 2. The monoisotopic (exact) mass is 376 g/mol. The first-order valence-electron chi connectivity index (χ1n) is 5.93. The Kier molecular flexibility index (Phi) is 4.82. The Hall–Kier alpha value is -1.93. The Morgan fingerprint density at radius 1 is 1.09 bits per heavy atom. The van der Waals surface area contributed by atoms with E-state index in [2.05, 4.69) is 20.9 Å². The van der Waals surface area contributed by atoms with Gasteiger partial charge in [-0.25, -0.2) is 9.38 Å². The van der Waals surface area contributed by atoms with E-state index >= 15 is 0 Å². The van der Waals surface area contributed by atoms with Crippen molar-refractivity contribution in [2.24, 2.45) is 4.99 Å². The summed E-state index contributed by atoms with van der Waals surface area (Å²) in [4.78, 5) is 3.95. The van der Waals surface area contributed by atoms with Crippen LogP contribution in [0.5, 0.6) is 0 Å². The van der Waals surface area contributed by atoms with Crippen LogP contribution >= 0.6 is 15.9 Å². The molecule has 0 atom stereocenters. The summed E-state index contributed by atoms with van der Waals surface area (Å²) in [6.07, 6.45) is -4.64. The van der Waals surface area contributed by atoms with Gasteiger partial charge in [-0.05, 0) is 42.5 Å². The van der Waals surface area contributed by atoms with Gasteiger partial charge in [-0.1, -0.05) is 15.9 Å². The highest BCUT2D eigenvalue weighted by atomic mass is 79.9. The van der Waals surface area contributed by atoms with Crippen molar-refractivity contribution in [1.29, 1.82) is 0 Å². The lowest BCUT2D eigenvalue weighted by Gasteiger charge is -2.10. The van der Waals surface area contributed by atoms with E-state index in [9.17, 15) is 17.6 Å². The summed E-state index contributed by atoms with van der Waals surface area (Å²) in [7, 11) is 0. The van der Waals surface area contributed by atoms with Crippen LogP contribution in [0.3, 0.4) is 0 Å². The molecule has 8 heteroatoms. The van der Waals surface area contributed by atoms with Crippen LogP contribution in [0.15, 0.2) is 51.9 Å². The molecule has 2 N–H and O–H groups in total. The summed E-state index contributed by atoms with van der Waals surface area (Å²) in [5.74, 6) is -1.44. The average Bonchev–Trinajstić information content (AvgIpc) is 2.46. The third-order valence-electron chi connectivity index (χ3n) is 2.72. The second kappa shape index (κ2) is 6.45. The lowest BCUT2D eigenvalue weighted by atomic mass is 10.1. The molecular weight excluding hydrogens is 368 g/mol. The SMILES string of the molecule is ONC(=Nc1ccc(Br)cc1)c1ccc(C(F)(F)F)cc1F. The number of rotatable bonds is 2. The van der Waals surface area contributed by atoms with Crippen molar-refractivity contribution in [3.63, 3.8) is 0 Å². The molecule has 3 nitrogen and oxygen atoms in total. The summed E-state index contributed by atoms with van der Waals surface area (Å²) in [5.41, 5.74) is 0.690. The number of halogens is 5. The largest absolute Gasteiger partial charge is 0.416 e. The molecule has 0 heterocycles. The van der Waals surface area contributed by atoms with Gasteiger partial charge in [-0.2, -0.15) is 13.2 Å². The molecule has 2 aromatic carbocycles. The van der Waals surface area contributed by atoms with Crippen LogP contribution in [0.2, 0.25) is 0 Å². The van der Waals surface area contributed by atoms with E-state index in [-0.39, 0.29) is 11.4 Å². The fourth-order valence-corrected chi connectivity index (χ4v) is 1.94. The van der Waals surface area contributed by atoms with Gasteiger partial charge in [0.2, 0.25) is 0 Å². The molecular formula is C14H9BrF4N2O. The third-order valence-corrected chi connectivity index (χ3v) is 3.25. The van der Waals surface area contributed by atoms with Crippen molar-refractivity contribution < 1.29 is 22.8 Å². The highest BCUT2D eigenvalue weighted by molar-refractivity contribution is 9.10. The van der Waals surface area contributed by atoms with Gasteiger partial charge >= 0.3 is 6.18 Å².